The molecule has 1 aliphatic heterocycles. The van der Waals surface area contributed by atoms with E-state index >= 15 is 0 Å². The van der Waals surface area contributed by atoms with Gasteiger partial charge in [-0.15, -0.1) is 0 Å². The third-order valence-corrected chi connectivity index (χ3v) is 4.14. The van der Waals surface area contributed by atoms with Crippen molar-refractivity contribution in [2.24, 2.45) is 0 Å². The minimum absolute atomic E-state index is 0.0761. The minimum atomic E-state index is -0.274. The zero-order chi connectivity index (χ0) is 16.3. The van der Waals surface area contributed by atoms with Crippen LogP contribution in [0.3, 0.4) is 0 Å². The van der Waals surface area contributed by atoms with Gasteiger partial charge in [0.05, 0.1) is 12.2 Å². The Morgan fingerprint density at radius 1 is 1.23 bits per heavy atom. The van der Waals surface area contributed by atoms with E-state index < -0.39 is 0 Å². The van der Waals surface area contributed by atoms with Crippen LogP contribution in [-0.2, 0) is 4.74 Å². The second kappa shape index (κ2) is 6.85. The number of hydrogen-bond acceptors (Lipinski definition) is 4. The van der Waals surface area contributed by atoms with Gasteiger partial charge >= 0.3 is 6.09 Å². The number of piperidine rings is 1. The Morgan fingerprint density at radius 3 is 2.36 bits per heavy atom. The Kier molecular flexibility index (Phi) is 5.11. The van der Waals surface area contributed by atoms with Crippen LogP contribution < -0.4 is 5.32 Å². The molecule has 2 heterocycles. The fourth-order valence-electron chi connectivity index (χ4n) is 2.81. The normalized spacial score (nSPS) is 15.7. The smallest absolute Gasteiger partial charge is 0.409 e. The van der Waals surface area contributed by atoms with Gasteiger partial charge < -0.3 is 19.4 Å². The maximum absolute atomic E-state index is 12.4. The summed E-state index contributed by atoms with van der Waals surface area (Å²) in [6.45, 7) is 8.94. The average Bonchev–Trinajstić information content (AvgIpc) is 2.73. The molecule has 0 aliphatic carbocycles. The number of amides is 2. The zero-order valence-corrected chi connectivity index (χ0v) is 13.7. The highest BCUT2D eigenvalue weighted by Gasteiger charge is 2.26. The molecule has 0 atom stereocenters. The average molecular weight is 308 g/mol. The molecule has 2 amide bonds. The molecule has 0 radical (unpaired) electrons. The van der Waals surface area contributed by atoms with Crippen molar-refractivity contribution in [3.8, 4) is 0 Å². The second-order valence-electron chi connectivity index (χ2n) is 5.65. The molecule has 1 aromatic rings. The first-order valence-electron chi connectivity index (χ1n) is 7.73. The summed E-state index contributed by atoms with van der Waals surface area (Å²) in [6.07, 6.45) is 1.20. The number of nitrogens with zero attached hydrogens (tertiary/aromatic N) is 1. The SMILES string of the molecule is CCOC(=O)N1CCC(NC(=O)c2c(C)oc(C)c2C)CC1. The van der Waals surface area contributed by atoms with Gasteiger partial charge in [0.25, 0.3) is 5.91 Å². The molecule has 2 rings (SSSR count). The lowest BCUT2D eigenvalue weighted by Crippen LogP contribution is -2.46. The molecule has 22 heavy (non-hydrogen) atoms. The van der Waals surface area contributed by atoms with E-state index in [0.717, 1.165) is 24.2 Å². The molecule has 0 unspecified atom stereocenters. The van der Waals surface area contributed by atoms with Gasteiger partial charge in [-0.2, -0.15) is 0 Å². The molecule has 1 N–H and O–H groups in total. The van der Waals surface area contributed by atoms with E-state index in [1.54, 1.807) is 18.7 Å². The third kappa shape index (κ3) is 3.43. The molecular formula is C16H24N2O4. The summed E-state index contributed by atoms with van der Waals surface area (Å²) >= 11 is 0. The maximum atomic E-state index is 12.4. The number of carbonyl (C=O) groups excluding carboxylic acids is 2. The number of hydrogen-bond donors (Lipinski definition) is 1. The minimum Gasteiger partial charge on any atom is -0.466 e. The summed E-state index contributed by atoms with van der Waals surface area (Å²) in [6, 6.07) is 0.0761. The van der Waals surface area contributed by atoms with Crippen LogP contribution in [0.5, 0.6) is 0 Å². The van der Waals surface area contributed by atoms with E-state index in [9.17, 15) is 9.59 Å². The molecule has 0 spiro atoms. The van der Waals surface area contributed by atoms with E-state index in [2.05, 4.69) is 5.32 Å². The van der Waals surface area contributed by atoms with Crippen LogP contribution in [0.4, 0.5) is 4.79 Å². The summed E-state index contributed by atoms with van der Waals surface area (Å²) < 4.78 is 10.5. The first-order chi connectivity index (χ1) is 10.4. The van der Waals surface area contributed by atoms with Gasteiger partial charge in [-0.1, -0.05) is 0 Å². The Hall–Kier alpha value is -1.98. The summed E-state index contributed by atoms with van der Waals surface area (Å²) in [5, 5.41) is 3.04. The molecule has 0 bridgehead atoms. The molecule has 1 saturated heterocycles. The maximum Gasteiger partial charge on any atom is 0.409 e. The molecule has 1 aliphatic rings. The molecule has 0 aromatic carbocycles. The van der Waals surface area contributed by atoms with Gasteiger partial charge in [0.15, 0.2) is 0 Å². The van der Waals surface area contributed by atoms with E-state index in [0.29, 0.717) is 31.0 Å². The van der Waals surface area contributed by atoms with Crippen molar-refractivity contribution < 1.29 is 18.7 Å². The van der Waals surface area contributed by atoms with Crippen molar-refractivity contribution in [2.45, 2.75) is 46.6 Å². The van der Waals surface area contributed by atoms with E-state index in [4.69, 9.17) is 9.15 Å². The van der Waals surface area contributed by atoms with Gasteiger partial charge in [0.1, 0.15) is 11.5 Å². The van der Waals surface area contributed by atoms with Crippen molar-refractivity contribution in [2.75, 3.05) is 19.7 Å². The van der Waals surface area contributed by atoms with Crippen molar-refractivity contribution in [1.29, 1.82) is 0 Å². The number of carbonyl (C=O) groups is 2. The zero-order valence-electron chi connectivity index (χ0n) is 13.7. The van der Waals surface area contributed by atoms with Gasteiger partial charge in [-0.05, 0) is 40.5 Å². The van der Waals surface area contributed by atoms with Crippen LogP contribution in [0, 0.1) is 20.8 Å². The molecule has 122 valence electrons. The highest BCUT2D eigenvalue weighted by atomic mass is 16.6. The van der Waals surface area contributed by atoms with Crippen LogP contribution >= 0.6 is 0 Å². The van der Waals surface area contributed by atoms with Gasteiger partial charge in [0.2, 0.25) is 0 Å². The second-order valence-corrected chi connectivity index (χ2v) is 5.65. The van der Waals surface area contributed by atoms with Crippen LogP contribution in [0.15, 0.2) is 4.42 Å². The lowest BCUT2D eigenvalue weighted by Gasteiger charge is -2.31. The molecular weight excluding hydrogens is 284 g/mol. The van der Waals surface area contributed by atoms with Gasteiger partial charge in [0, 0.05) is 24.7 Å². The Morgan fingerprint density at radius 2 is 1.86 bits per heavy atom. The summed E-state index contributed by atoms with van der Waals surface area (Å²) in [4.78, 5) is 25.7. The van der Waals surface area contributed by atoms with E-state index in [1.165, 1.54) is 0 Å². The summed E-state index contributed by atoms with van der Waals surface area (Å²) in [7, 11) is 0. The quantitative estimate of drug-likeness (QED) is 0.931. The van der Waals surface area contributed by atoms with Gasteiger partial charge in [-0.3, -0.25) is 4.79 Å². The first kappa shape index (κ1) is 16.4. The fourth-order valence-corrected chi connectivity index (χ4v) is 2.81. The number of ether oxygens (including phenoxy) is 1. The van der Waals surface area contributed by atoms with Crippen molar-refractivity contribution in [3.63, 3.8) is 0 Å². The van der Waals surface area contributed by atoms with Crippen molar-refractivity contribution in [3.05, 3.63) is 22.6 Å². The fraction of sp³-hybridized carbons (Fsp3) is 0.625. The lowest BCUT2D eigenvalue weighted by atomic mass is 10.0. The van der Waals surface area contributed by atoms with Crippen LogP contribution in [0.1, 0.15) is 47.2 Å². The number of likely N-dealkylation sites (tertiary alicyclic amines) is 1. The van der Waals surface area contributed by atoms with E-state index in [1.807, 2.05) is 13.8 Å². The monoisotopic (exact) mass is 308 g/mol. The van der Waals surface area contributed by atoms with Crippen molar-refractivity contribution >= 4 is 12.0 Å². The topological polar surface area (TPSA) is 71.8 Å². The molecule has 6 heteroatoms. The number of aryl methyl sites for hydroxylation is 2. The van der Waals surface area contributed by atoms with Crippen molar-refractivity contribution in [1.82, 2.24) is 10.2 Å². The number of furan rings is 1. The van der Waals surface area contributed by atoms with Crippen LogP contribution in [0.2, 0.25) is 0 Å². The Balaban J connectivity index is 1.91. The highest BCUT2D eigenvalue weighted by molar-refractivity contribution is 5.97. The lowest BCUT2D eigenvalue weighted by molar-refractivity contribution is 0.0859. The predicted molar refractivity (Wildman–Crippen MR) is 82.0 cm³/mol. The first-order valence-corrected chi connectivity index (χ1v) is 7.73. The molecule has 1 fully saturated rings. The van der Waals surface area contributed by atoms with Gasteiger partial charge in [-0.25, -0.2) is 4.79 Å². The number of nitrogens with one attached hydrogen (secondary N) is 1. The summed E-state index contributed by atoms with van der Waals surface area (Å²) in [5.74, 6) is 1.33. The Bertz CT molecular complexity index is 557. The predicted octanol–water partition coefficient (Wildman–Crippen LogP) is 2.56. The van der Waals surface area contributed by atoms with Crippen LogP contribution in [0.25, 0.3) is 0 Å². The largest absolute Gasteiger partial charge is 0.466 e. The van der Waals surface area contributed by atoms with E-state index in [-0.39, 0.29) is 18.0 Å². The molecule has 6 nitrogen and oxygen atoms in total. The van der Waals surface area contributed by atoms with Crippen LogP contribution in [-0.4, -0.2) is 42.6 Å². The molecule has 0 saturated carbocycles. The summed E-state index contributed by atoms with van der Waals surface area (Å²) in [5.41, 5.74) is 1.52. The third-order valence-electron chi connectivity index (χ3n) is 4.14. The number of rotatable bonds is 3. The molecule has 1 aromatic heterocycles. The highest BCUT2D eigenvalue weighted by Crippen LogP contribution is 2.21. The Labute approximate surface area is 130 Å². The standard InChI is InChI=1S/C16H24N2O4/c1-5-21-16(20)18-8-6-13(7-9-18)17-15(19)14-10(2)11(3)22-12(14)4/h13H,5-9H2,1-4H3,(H,17,19).